The summed E-state index contributed by atoms with van der Waals surface area (Å²) in [6.45, 7) is 6.33. The van der Waals surface area contributed by atoms with Crippen molar-refractivity contribution in [3.8, 4) is 39.1 Å². The number of nitrogens with two attached hydrogens (primary N) is 1. The lowest BCUT2D eigenvalue weighted by atomic mass is 9.90. The second-order valence-electron chi connectivity index (χ2n) is 15.7. The summed E-state index contributed by atoms with van der Waals surface area (Å²) in [4.78, 5) is 10.2. The number of rotatable bonds is 13. The van der Waals surface area contributed by atoms with Crippen LogP contribution < -0.4 is 5.73 Å². The lowest BCUT2D eigenvalue weighted by Crippen LogP contribution is -2.11. The lowest BCUT2D eigenvalue weighted by molar-refractivity contribution is 1.06. The zero-order chi connectivity index (χ0) is 43.7. The maximum absolute atomic E-state index is 6.18. The maximum atomic E-state index is 6.18. The fourth-order valence-corrected chi connectivity index (χ4v) is 8.69. The molecule has 0 saturated heterocycles. The molecule has 0 aliphatic heterocycles. The topological polar surface area (TPSA) is 55.7 Å². The molecule has 4 nitrogen and oxygen atoms in total. The molecule has 310 valence electrons. The summed E-state index contributed by atoms with van der Waals surface area (Å²) < 4.78 is 2.39. The standard InChI is InChI=1S/C60H50N4/c1-3-5-18-43(4-2)55(49-37-39-52(40-38-49)64-57-27-16-15-25-54(57)59-53(26-17-28-58(59)64)48-23-13-8-14-24-48)41-56(50-33-29-46(30-34-50)44-19-9-6-10-20-44)63-60(62-42-61)51-35-31-47(32-36-51)45-21-11-7-12-22-45/h3,5-40H,1,4,41-42,61H2,2H3/b18-5-,55-43+,62-60-,63-56-. The first kappa shape index (κ1) is 41.4. The van der Waals surface area contributed by atoms with Gasteiger partial charge in [-0.05, 0) is 86.3 Å². The Morgan fingerprint density at radius 1 is 0.547 bits per heavy atom. The Balaban J connectivity index is 1.16. The maximum Gasteiger partial charge on any atom is 0.156 e. The SMILES string of the molecule is C=C/C=C\C(CC)=C(/C/C(=N/C(=N\CN)c1ccc(-c2ccccc2)cc1)c1ccc(-c2ccccc2)cc1)c1ccc(-n2c3ccccc3c3c(-c4ccccc4)cccc32)cc1. The summed E-state index contributed by atoms with van der Waals surface area (Å²) in [6.07, 6.45) is 7.42. The van der Waals surface area contributed by atoms with Crippen LogP contribution in [0.2, 0.25) is 0 Å². The zero-order valence-electron chi connectivity index (χ0n) is 36.1. The van der Waals surface area contributed by atoms with Crippen molar-refractivity contribution in [3.05, 3.63) is 253 Å². The normalized spacial score (nSPS) is 12.5. The van der Waals surface area contributed by atoms with Gasteiger partial charge in [0.25, 0.3) is 0 Å². The van der Waals surface area contributed by atoms with Gasteiger partial charge in [0.05, 0.1) is 23.4 Å². The van der Waals surface area contributed by atoms with Crippen molar-refractivity contribution in [1.82, 2.24) is 4.57 Å². The first-order chi connectivity index (χ1) is 31.6. The fraction of sp³-hybridized carbons (Fsp3) is 0.0667. The molecule has 0 saturated carbocycles. The summed E-state index contributed by atoms with van der Waals surface area (Å²) in [5.74, 6) is 0.597. The minimum atomic E-state index is 0.113. The number of para-hydroxylation sites is 1. The van der Waals surface area contributed by atoms with E-state index in [2.05, 4.69) is 218 Å². The molecule has 0 bridgehead atoms. The molecule has 0 fully saturated rings. The van der Waals surface area contributed by atoms with Crippen molar-refractivity contribution in [2.75, 3.05) is 6.67 Å². The van der Waals surface area contributed by atoms with Crippen LogP contribution in [0.1, 0.15) is 36.5 Å². The van der Waals surface area contributed by atoms with E-state index < -0.39 is 0 Å². The first-order valence-corrected chi connectivity index (χ1v) is 22.0. The number of hydrogen-bond donors (Lipinski definition) is 1. The Hall–Kier alpha value is -7.92. The van der Waals surface area contributed by atoms with Crippen LogP contribution in [-0.4, -0.2) is 22.8 Å². The predicted molar refractivity (Wildman–Crippen MR) is 273 cm³/mol. The average molecular weight is 827 g/mol. The van der Waals surface area contributed by atoms with Crippen molar-refractivity contribution in [3.63, 3.8) is 0 Å². The summed E-state index contributed by atoms with van der Waals surface area (Å²) in [5, 5.41) is 2.48. The third-order valence-corrected chi connectivity index (χ3v) is 11.9. The smallest absolute Gasteiger partial charge is 0.156 e. The molecule has 0 aliphatic carbocycles. The number of nitrogens with zero attached hydrogens (tertiary/aromatic N) is 3. The van der Waals surface area contributed by atoms with E-state index in [1.54, 1.807) is 0 Å². The van der Waals surface area contributed by atoms with Crippen LogP contribution >= 0.6 is 0 Å². The third-order valence-electron chi connectivity index (χ3n) is 11.9. The van der Waals surface area contributed by atoms with Gasteiger partial charge in [-0.2, -0.15) is 0 Å². The number of aliphatic imine (C=N–C) groups is 2. The summed E-state index contributed by atoms with van der Waals surface area (Å²) >= 11 is 0. The average Bonchev–Trinajstić information content (AvgIpc) is 3.71. The highest BCUT2D eigenvalue weighted by Gasteiger charge is 2.18. The van der Waals surface area contributed by atoms with Gasteiger partial charge in [0.2, 0.25) is 0 Å². The van der Waals surface area contributed by atoms with Crippen molar-refractivity contribution < 1.29 is 0 Å². The summed E-state index contributed by atoms with van der Waals surface area (Å²) in [6, 6.07) is 73.1. The van der Waals surface area contributed by atoms with Gasteiger partial charge >= 0.3 is 0 Å². The molecule has 0 aliphatic rings. The minimum Gasteiger partial charge on any atom is -0.312 e. The Morgan fingerprint density at radius 3 is 1.67 bits per heavy atom. The van der Waals surface area contributed by atoms with Gasteiger partial charge in [-0.25, -0.2) is 4.99 Å². The van der Waals surface area contributed by atoms with Gasteiger partial charge in [-0.1, -0.05) is 214 Å². The van der Waals surface area contributed by atoms with E-state index in [4.69, 9.17) is 15.7 Å². The molecule has 0 spiro atoms. The van der Waals surface area contributed by atoms with Crippen LogP contribution in [0.15, 0.2) is 247 Å². The number of benzene rings is 8. The molecular weight excluding hydrogens is 777 g/mol. The van der Waals surface area contributed by atoms with E-state index >= 15 is 0 Å². The van der Waals surface area contributed by atoms with Crippen molar-refractivity contribution in [2.24, 2.45) is 15.7 Å². The van der Waals surface area contributed by atoms with Crippen molar-refractivity contribution >= 4 is 38.9 Å². The van der Waals surface area contributed by atoms with Gasteiger partial charge in [-0.3, -0.25) is 4.99 Å². The summed E-state index contributed by atoms with van der Waals surface area (Å²) in [7, 11) is 0. The lowest BCUT2D eigenvalue weighted by Gasteiger charge is -2.17. The van der Waals surface area contributed by atoms with Crippen LogP contribution in [0.5, 0.6) is 0 Å². The van der Waals surface area contributed by atoms with Crippen LogP contribution in [0.4, 0.5) is 0 Å². The molecule has 0 atom stereocenters. The minimum absolute atomic E-state index is 0.113. The highest BCUT2D eigenvalue weighted by atomic mass is 15.0. The van der Waals surface area contributed by atoms with E-state index in [9.17, 15) is 0 Å². The van der Waals surface area contributed by atoms with Crippen LogP contribution in [-0.2, 0) is 0 Å². The van der Waals surface area contributed by atoms with Gasteiger partial charge < -0.3 is 10.3 Å². The molecule has 0 radical (unpaired) electrons. The van der Waals surface area contributed by atoms with Crippen LogP contribution in [0.3, 0.4) is 0 Å². The second-order valence-corrected chi connectivity index (χ2v) is 15.7. The fourth-order valence-electron chi connectivity index (χ4n) is 8.69. The largest absolute Gasteiger partial charge is 0.312 e. The third kappa shape index (κ3) is 8.73. The van der Waals surface area contributed by atoms with Crippen molar-refractivity contribution in [1.29, 1.82) is 0 Å². The Kier molecular flexibility index (Phi) is 12.6. The Labute approximate surface area is 376 Å². The van der Waals surface area contributed by atoms with E-state index in [1.807, 2.05) is 24.3 Å². The first-order valence-electron chi connectivity index (χ1n) is 22.0. The van der Waals surface area contributed by atoms with E-state index in [0.29, 0.717) is 12.3 Å². The monoisotopic (exact) mass is 826 g/mol. The molecule has 0 unspecified atom stereocenters. The van der Waals surface area contributed by atoms with Crippen molar-refractivity contribution in [2.45, 2.75) is 19.8 Å². The number of allylic oxidation sites excluding steroid dienone is 5. The molecule has 4 heteroatoms. The summed E-state index contributed by atoms with van der Waals surface area (Å²) in [5.41, 5.74) is 23.0. The molecule has 9 aromatic rings. The molecule has 64 heavy (non-hydrogen) atoms. The highest BCUT2D eigenvalue weighted by Crippen LogP contribution is 2.39. The highest BCUT2D eigenvalue weighted by molar-refractivity contribution is 6.17. The molecule has 8 aromatic carbocycles. The number of hydrogen-bond acceptors (Lipinski definition) is 2. The van der Waals surface area contributed by atoms with E-state index in [1.165, 1.54) is 49.6 Å². The zero-order valence-corrected chi connectivity index (χ0v) is 36.1. The van der Waals surface area contributed by atoms with Crippen LogP contribution in [0.25, 0.3) is 66.4 Å². The van der Waals surface area contributed by atoms with Gasteiger partial charge in [0.1, 0.15) is 0 Å². The molecule has 1 heterocycles. The number of fused-ring (bicyclic) bond motifs is 3. The molecule has 0 amide bonds. The second kappa shape index (κ2) is 19.4. The predicted octanol–water partition coefficient (Wildman–Crippen LogP) is 14.9. The Morgan fingerprint density at radius 2 is 1.08 bits per heavy atom. The van der Waals surface area contributed by atoms with E-state index in [-0.39, 0.29) is 6.67 Å². The quantitative estimate of drug-likeness (QED) is 0.0703. The van der Waals surface area contributed by atoms with Crippen LogP contribution in [0, 0.1) is 0 Å². The van der Waals surface area contributed by atoms with Gasteiger partial charge in [-0.15, -0.1) is 0 Å². The van der Waals surface area contributed by atoms with E-state index in [0.717, 1.165) is 51.2 Å². The molecule has 9 rings (SSSR count). The molecular formula is C60H50N4. The molecule has 2 N–H and O–H groups in total. The van der Waals surface area contributed by atoms with Gasteiger partial charge in [0, 0.05) is 28.4 Å². The molecule has 1 aromatic heterocycles. The van der Waals surface area contributed by atoms with Gasteiger partial charge in [0.15, 0.2) is 5.84 Å². The number of amidine groups is 1. The number of aromatic nitrogens is 1. The Bertz CT molecular complexity index is 3150.